The van der Waals surface area contributed by atoms with Crippen LogP contribution in [0.1, 0.15) is 74.4 Å². The van der Waals surface area contributed by atoms with E-state index in [-0.39, 0.29) is 23.5 Å². The minimum absolute atomic E-state index is 0.0345. The third-order valence-corrected chi connectivity index (χ3v) is 13.1. The standard InChI is InChI=1S/C36H47ClN2O6S/c1-23-7-5-9-33(44-20-24(2)43-4)30-13-10-28(30)19-39-21-36(16-6-8-26-17-29(37)12-14-31(26)36)22-45-34-15-11-27(18-32(34)39)35(40)38-46(41,42)25(23)3/h5,9,11-12,14-15,17-18,23-25,28,30,33H,6-8,10,13,16,19-22H2,1-4H3,(H,38,40)/b9-5-/t23-,24-,25+,28-,30+,33-,36-/m0/s1. The van der Waals surface area contributed by atoms with E-state index in [4.69, 9.17) is 25.8 Å². The first-order valence-electron chi connectivity index (χ1n) is 16.7. The second-order valence-electron chi connectivity index (χ2n) is 14.0. The molecule has 7 atom stereocenters. The number of nitrogens with zero attached hydrogens (tertiary/aromatic N) is 1. The molecule has 1 fully saturated rings. The van der Waals surface area contributed by atoms with Crippen LogP contribution in [0.2, 0.25) is 5.02 Å². The summed E-state index contributed by atoms with van der Waals surface area (Å²) in [4.78, 5) is 15.9. The van der Waals surface area contributed by atoms with E-state index < -0.39 is 21.2 Å². The number of rotatable bonds is 4. The van der Waals surface area contributed by atoms with Crippen molar-refractivity contribution in [1.29, 1.82) is 0 Å². The van der Waals surface area contributed by atoms with Crippen LogP contribution in [0.5, 0.6) is 5.75 Å². The predicted octanol–water partition coefficient (Wildman–Crippen LogP) is 6.30. The van der Waals surface area contributed by atoms with Crippen LogP contribution in [0.4, 0.5) is 5.69 Å². The van der Waals surface area contributed by atoms with Crippen LogP contribution in [0.15, 0.2) is 48.6 Å². The largest absolute Gasteiger partial charge is 0.490 e. The molecular weight excluding hydrogens is 624 g/mol. The molecule has 8 nitrogen and oxygen atoms in total. The molecule has 4 aliphatic rings. The summed E-state index contributed by atoms with van der Waals surface area (Å²) in [7, 11) is -2.23. The number of fused-ring (bicyclic) bond motifs is 4. The molecule has 2 aliphatic carbocycles. The van der Waals surface area contributed by atoms with Crippen LogP contribution in [0, 0.1) is 17.8 Å². The van der Waals surface area contributed by atoms with E-state index in [0.717, 1.165) is 55.9 Å². The lowest BCUT2D eigenvalue weighted by Crippen LogP contribution is -2.50. The van der Waals surface area contributed by atoms with Gasteiger partial charge in [-0.05, 0) is 112 Å². The Hall–Kier alpha value is -2.59. The van der Waals surface area contributed by atoms with Crippen molar-refractivity contribution in [2.75, 3.05) is 38.3 Å². The SMILES string of the molecule is CO[C@@H](C)CO[C@H]1/C=C\C[C@H](C)[C@@H](C)S(=O)(=O)NC(=O)c2ccc3c(c2)N(C[C@@H]2CC[C@H]21)C[C@@]1(CCCc2cc(Cl)ccc21)CO3. The fourth-order valence-electron chi connectivity index (χ4n) is 7.63. The first-order valence-corrected chi connectivity index (χ1v) is 18.6. The van der Waals surface area contributed by atoms with Gasteiger partial charge in [-0.1, -0.05) is 36.7 Å². The van der Waals surface area contributed by atoms with Gasteiger partial charge in [0.05, 0.1) is 36.4 Å². The Morgan fingerprint density at radius 2 is 2.00 bits per heavy atom. The zero-order valence-electron chi connectivity index (χ0n) is 27.3. The number of hydrogen-bond acceptors (Lipinski definition) is 7. The molecule has 10 heteroatoms. The van der Waals surface area contributed by atoms with Crippen LogP contribution in [0.25, 0.3) is 0 Å². The maximum atomic E-state index is 13.5. The van der Waals surface area contributed by atoms with Crippen LogP contribution < -0.4 is 14.4 Å². The number of halogens is 1. The van der Waals surface area contributed by atoms with E-state index in [1.54, 1.807) is 20.1 Å². The minimum atomic E-state index is -3.92. The van der Waals surface area contributed by atoms with E-state index in [1.807, 2.05) is 32.0 Å². The topological polar surface area (TPSA) is 94.2 Å². The fraction of sp³-hybridized carbons (Fsp3) is 0.583. The van der Waals surface area contributed by atoms with Crippen molar-refractivity contribution in [2.24, 2.45) is 17.8 Å². The summed E-state index contributed by atoms with van der Waals surface area (Å²) in [6.07, 6.45) is 9.72. The zero-order chi connectivity index (χ0) is 32.6. The molecule has 1 spiro atoms. The van der Waals surface area contributed by atoms with E-state index in [1.165, 1.54) is 11.1 Å². The number of anilines is 1. The zero-order valence-corrected chi connectivity index (χ0v) is 28.9. The van der Waals surface area contributed by atoms with Crippen molar-refractivity contribution in [3.63, 3.8) is 0 Å². The number of methoxy groups -OCH3 is 1. The van der Waals surface area contributed by atoms with Gasteiger partial charge in [0.15, 0.2) is 0 Å². The number of nitrogens with one attached hydrogen (secondary N) is 1. The molecule has 1 amide bonds. The minimum Gasteiger partial charge on any atom is -0.490 e. The molecule has 2 aliphatic heterocycles. The van der Waals surface area contributed by atoms with Crippen molar-refractivity contribution in [2.45, 2.75) is 82.2 Å². The van der Waals surface area contributed by atoms with E-state index in [9.17, 15) is 13.2 Å². The van der Waals surface area contributed by atoms with Gasteiger partial charge < -0.3 is 19.1 Å². The summed E-state index contributed by atoms with van der Waals surface area (Å²) in [6, 6.07) is 11.5. The van der Waals surface area contributed by atoms with Gasteiger partial charge in [-0.25, -0.2) is 13.1 Å². The summed E-state index contributed by atoms with van der Waals surface area (Å²) in [6.45, 7) is 8.05. The molecule has 0 saturated heterocycles. The number of sulfonamides is 1. The average Bonchev–Trinajstić information content (AvgIpc) is 3.17. The molecule has 2 bridgehead atoms. The summed E-state index contributed by atoms with van der Waals surface area (Å²) in [5, 5.41) is -0.0223. The quantitative estimate of drug-likeness (QED) is 0.382. The average molecular weight is 671 g/mol. The van der Waals surface area contributed by atoms with Gasteiger partial charge in [-0.15, -0.1) is 0 Å². The Balaban J connectivity index is 1.41. The number of carbonyl (C=O) groups excluding carboxylic acids is 1. The van der Waals surface area contributed by atoms with E-state index in [0.29, 0.717) is 42.8 Å². The fourth-order valence-corrected chi connectivity index (χ4v) is 9.11. The lowest BCUT2D eigenvalue weighted by molar-refractivity contribution is -0.0530. The highest BCUT2D eigenvalue weighted by molar-refractivity contribution is 7.90. The normalized spacial score (nSPS) is 32.2. The van der Waals surface area contributed by atoms with Crippen LogP contribution in [-0.2, 0) is 31.3 Å². The summed E-state index contributed by atoms with van der Waals surface area (Å²) in [5.74, 6) is 0.551. The highest BCUT2D eigenvalue weighted by atomic mass is 35.5. The lowest BCUT2D eigenvalue weighted by atomic mass is 9.68. The van der Waals surface area contributed by atoms with Crippen molar-refractivity contribution >= 4 is 33.2 Å². The molecule has 2 aromatic rings. The van der Waals surface area contributed by atoms with Gasteiger partial charge in [0, 0.05) is 36.2 Å². The molecule has 2 aromatic carbocycles. The molecule has 250 valence electrons. The highest BCUT2D eigenvalue weighted by Crippen LogP contribution is 2.47. The van der Waals surface area contributed by atoms with Gasteiger partial charge in [0.1, 0.15) is 5.75 Å². The van der Waals surface area contributed by atoms with E-state index >= 15 is 0 Å². The molecule has 2 heterocycles. The van der Waals surface area contributed by atoms with Gasteiger partial charge in [0.25, 0.3) is 5.91 Å². The Labute approximate surface area is 278 Å². The first kappa shape index (κ1) is 33.3. The molecule has 1 N–H and O–H groups in total. The molecule has 0 radical (unpaired) electrons. The van der Waals surface area contributed by atoms with Gasteiger partial charge >= 0.3 is 0 Å². The number of hydrogen-bond donors (Lipinski definition) is 1. The Morgan fingerprint density at radius 3 is 2.76 bits per heavy atom. The van der Waals surface area contributed by atoms with Crippen LogP contribution >= 0.6 is 11.6 Å². The Morgan fingerprint density at radius 1 is 1.17 bits per heavy atom. The van der Waals surface area contributed by atoms with Crippen LogP contribution in [0.3, 0.4) is 0 Å². The highest BCUT2D eigenvalue weighted by Gasteiger charge is 2.44. The second kappa shape index (κ2) is 13.5. The molecule has 1 saturated carbocycles. The monoisotopic (exact) mass is 670 g/mol. The molecule has 0 unspecified atom stereocenters. The molecule has 46 heavy (non-hydrogen) atoms. The Bertz CT molecular complexity index is 1580. The van der Waals surface area contributed by atoms with Crippen LogP contribution in [-0.4, -0.2) is 65.2 Å². The Kier molecular flexibility index (Phi) is 9.77. The maximum absolute atomic E-state index is 13.5. The van der Waals surface area contributed by atoms with Crippen molar-refractivity contribution in [3.05, 3.63) is 70.3 Å². The summed E-state index contributed by atoms with van der Waals surface area (Å²) < 4.78 is 47.6. The first-order chi connectivity index (χ1) is 22.0. The second-order valence-corrected chi connectivity index (χ2v) is 16.4. The smallest absolute Gasteiger partial charge is 0.264 e. The number of carbonyl (C=O) groups is 1. The third kappa shape index (κ3) is 6.71. The molecule has 0 aromatic heterocycles. The number of aryl methyl sites for hydroxylation is 1. The van der Waals surface area contributed by atoms with Gasteiger partial charge in [-0.2, -0.15) is 0 Å². The number of ether oxygens (including phenoxy) is 3. The van der Waals surface area contributed by atoms with E-state index in [2.05, 4.69) is 33.9 Å². The summed E-state index contributed by atoms with van der Waals surface area (Å²) >= 11 is 6.44. The van der Waals surface area contributed by atoms with Gasteiger partial charge in [0.2, 0.25) is 10.0 Å². The van der Waals surface area contributed by atoms with Crippen molar-refractivity contribution in [1.82, 2.24) is 4.72 Å². The summed E-state index contributed by atoms with van der Waals surface area (Å²) in [5.41, 5.74) is 3.41. The van der Waals surface area contributed by atoms with Gasteiger partial charge in [-0.3, -0.25) is 4.79 Å². The lowest BCUT2D eigenvalue weighted by Gasteiger charge is -2.46. The maximum Gasteiger partial charge on any atom is 0.264 e. The molecule has 6 rings (SSSR count). The van der Waals surface area contributed by atoms with Crippen molar-refractivity contribution < 1.29 is 27.4 Å². The predicted molar refractivity (Wildman–Crippen MR) is 181 cm³/mol. The number of amides is 1. The molecular formula is C36H47ClN2O6S. The number of allylic oxidation sites excluding steroid dienone is 1. The van der Waals surface area contributed by atoms with Crippen molar-refractivity contribution in [3.8, 4) is 5.75 Å². The third-order valence-electron chi connectivity index (χ3n) is 10.9. The number of benzene rings is 2.